The highest BCUT2D eigenvalue weighted by Gasteiger charge is 2.40. The number of hydrogen-bond acceptors (Lipinski definition) is 3. The lowest BCUT2D eigenvalue weighted by Crippen LogP contribution is -2.40. The number of methoxy groups -OCH3 is 1. The highest BCUT2D eigenvalue weighted by atomic mass is 16.5. The summed E-state index contributed by atoms with van der Waals surface area (Å²) < 4.78 is 5.23. The van der Waals surface area contributed by atoms with E-state index in [2.05, 4.69) is 0 Å². The van der Waals surface area contributed by atoms with Gasteiger partial charge in [0.25, 0.3) is 5.91 Å². The number of likely N-dealkylation sites (tertiary alicyclic amines) is 1. The molecule has 0 radical (unpaired) electrons. The molecule has 1 aliphatic heterocycles. The van der Waals surface area contributed by atoms with Gasteiger partial charge in [0.15, 0.2) is 0 Å². The number of allylic oxidation sites excluding steroid dienone is 1. The predicted octanol–water partition coefficient (Wildman–Crippen LogP) is 1.88. The second kappa shape index (κ2) is 5.86. The molecule has 112 valence electrons. The summed E-state index contributed by atoms with van der Waals surface area (Å²) in [6.07, 6.45) is 6.83. The zero-order valence-electron chi connectivity index (χ0n) is 12.3. The van der Waals surface area contributed by atoms with E-state index in [1.165, 1.54) is 12.0 Å². The maximum atomic E-state index is 12.9. The molecule has 0 aromatic rings. The molecular weight excluding hydrogens is 254 g/mol. The number of hydrogen-bond donors (Lipinski definition) is 1. The van der Waals surface area contributed by atoms with Gasteiger partial charge >= 0.3 is 0 Å². The molecule has 1 N–H and O–H groups in total. The van der Waals surface area contributed by atoms with E-state index >= 15 is 0 Å². The van der Waals surface area contributed by atoms with Gasteiger partial charge in [-0.3, -0.25) is 4.79 Å². The molecule has 3 rings (SSSR count). The second-order valence-corrected chi connectivity index (χ2v) is 6.38. The van der Waals surface area contributed by atoms with Crippen LogP contribution in [0.1, 0.15) is 44.9 Å². The SMILES string of the molecule is COC[C@@H]1CCCN1C(=O)C1=C2CCCCC2CC1O. The van der Waals surface area contributed by atoms with Crippen molar-refractivity contribution in [3.63, 3.8) is 0 Å². The van der Waals surface area contributed by atoms with E-state index in [0.29, 0.717) is 12.5 Å². The Balaban J connectivity index is 1.81. The quantitative estimate of drug-likeness (QED) is 0.858. The molecule has 2 unspecified atom stereocenters. The Hall–Kier alpha value is -0.870. The van der Waals surface area contributed by atoms with Crippen LogP contribution in [0.25, 0.3) is 0 Å². The zero-order valence-corrected chi connectivity index (χ0v) is 12.3. The van der Waals surface area contributed by atoms with E-state index in [0.717, 1.165) is 50.6 Å². The van der Waals surface area contributed by atoms with Crippen LogP contribution in [0.15, 0.2) is 11.1 Å². The Labute approximate surface area is 120 Å². The molecule has 3 aliphatic rings. The Morgan fingerprint density at radius 2 is 2.20 bits per heavy atom. The van der Waals surface area contributed by atoms with Crippen LogP contribution in [-0.2, 0) is 9.53 Å². The van der Waals surface area contributed by atoms with Crippen molar-refractivity contribution in [2.24, 2.45) is 5.92 Å². The molecule has 1 heterocycles. The van der Waals surface area contributed by atoms with Crippen LogP contribution in [-0.4, -0.2) is 48.3 Å². The number of aliphatic hydroxyl groups excluding tert-OH is 1. The van der Waals surface area contributed by atoms with E-state index < -0.39 is 6.10 Å². The Morgan fingerprint density at radius 1 is 1.35 bits per heavy atom. The summed E-state index contributed by atoms with van der Waals surface area (Å²) >= 11 is 0. The zero-order chi connectivity index (χ0) is 14.1. The molecular formula is C16H25NO3. The highest BCUT2D eigenvalue weighted by Crippen LogP contribution is 2.43. The minimum atomic E-state index is -0.538. The van der Waals surface area contributed by atoms with Crippen molar-refractivity contribution in [3.05, 3.63) is 11.1 Å². The minimum Gasteiger partial charge on any atom is -0.388 e. The van der Waals surface area contributed by atoms with Crippen molar-refractivity contribution in [1.82, 2.24) is 4.90 Å². The summed E-state index contributed by atoms with van der Waals surface area (Å²) in [5.74, 6) is 0.539. The third-order valence-corrected chi connectivity index (χ3v) is 5.16. The molecule has 3 atom stereocenters. The highest BCUT2D eigenvalue weighted by molar-refractivity contribution is 5.96. The van der Waals surface area contributed by atoms with E-state index in [1.54, 1.807) is 7.11 Å². The summed E-state index contributed by atoms with van der Waals surface area (Å²) in [7, 11) is 1.68. The molecule has 0 aromatic carbocycles. The smallest absolute Gasteiger partial charge is 0.252 e. The van der Waals surface area contributed by atoms with Crippen LogP contribution < -0.4 is 0 Å². The van der Waals surface area contributed by atoms with Gasteiger partial charge < -0.3 is 14.7 Å². The fourth-order valence-electron chi connectivity index (χ4n) is 4.20. The summed E-state index contributed by atoms with van der Waals surface area (Å²) in [6.45, 7) is 1.41. The van der Waals surface area contributed by atoms with Gasteiger partial charge in [0.1, 0.15) is 0 Å². The average Bonchev–Trinajstić information content (AvgIpc) is 3.02. The van der Waals surface area contributed by atoms with Gasteiger partial charge in [-0.1, -0.05) is 12.0 Å². The van der Waals surface area contributed by atoms with Crippen LogP contribution in [0.2, 0.25) is 0 Å². The van der Waals surface area contributed by atoms with Crippen molar-refractivity contribution >= 4 is 5.91 Å². The third-order valence-electron chi connectivity index (χ3n) is 5.16. The second-order valence-electron chi connectivity index (χ2n) is 6.38. The predicted molar refractivity (Wildman–Crippen MR) is 76.2 cm³/mol. The lowest BCUT2D eigenvalue weighted by molar-refractivity contribution is -0.129. The molecule has 0 aromatic heterocycles. The number of rotatable bonds is 3. The average molecular weight is 279 g/mol. The summed E-state index contributed by atoms with van der Waals surface area (Å²) in [5.41, 5.74) is 1.99. The number of amides is 1. The molecule has 1 amide bonds. The number of ether oxygens (including phenoxy) is 1. The van der Waals surface area contributed by atoms with Crippen molar-refractivity contribution < 1.29 is 14.6 Å². The molecule has 2 aliphatic carbocycles. The van der Waals surface area contributed by atoms with Gasteiger partial charge in [-0.25, -0.2) is 0 Å². The first kappa shape index (κ1) is 14.1. The lowest BCUT2D eigenvalue weighted by Gasteiger charge is -2.27. The van der Waals surface area contributed by atoms with Crippen LogP contribution in [0, 0.1) is 5.92 Å². The Morgan fingerprint density at radius 3 is 3.00 bits per heavy atom. The number of aliphatic hydroxyl groups is 1. The van der Waals surface area contributed by atoms with E-state index in [4.69, 9.17) is 4.74 Å². The normalized spacial score (nSPS) is 33.7. The molecule has 0 bridgehead atoms. The first-order valence-electron chi connectivity index (χ1n) is 7.93. The van der Waals surface area contributed by atoms with Gasteiger partial charge in [0, 0.05) is 19.2 Å². The largest absolute Gasteiger partial charge is 0.388 e. The van der Waals surface area contributed by atoms with Crippen molar-refractivity contribution in [1.29, 1.82) is 0 Å². The van der Waals surface area contributed by atoms with Gasteiger partial charge in [-0.15, -0.1) is 0 Å². The van der Waals surface area contributed by atoms with Crippen LogP contribution in [0.5, 0.6) is 0 Å². The van der Waals surface area contributed by atoms with Gasteiger partial charge in [-0.2, -0.15) is 0 Å². The van der Waals surface area contributed by atoms with E-state index in [9.17, 15) is 9.90 Å². The molecule has 1 saturated heterocycles. The number of fused-ring (bicyclic) bond motifs is 1. The topological polar surface area (TPSA) is 49.8 Å². The van der Waals surface area contributed by atoms with Crippen LogP contribution in [0.4, 0.5) is 0 Å². The molecule has 20 heavy (non-hydrogen) atoms. The van der Waals surface area contributed by atoms with Crippen LogP contribution in [0.3, 0.4) is 0 Å². The first-order chi connectivity index (χ1) is 9.72. The summed E-state index contributed by atoms with van der Waals surface area (Å²) in [5, 5.41) is 10.3. The minimum absolute atomic E-state index is 0.0800. The molecule has 4 nitrogen and oxygen atoms in total. The number of carbonyl (C=O) groups is 1. The lowest BCUT2D eigenvalue weighted by atomic mass is 9.85. The Kier molecular flexibility index (Phi) is 4.13. The van der Waals surface area contributed by atoms with Crippen molar-refractivity contribution in [2.45, 2.75) is 57.1 Å². The summed E-state index contributed by atoms with van der Waals surface area (Å²) in [6, 6.07) is 0.190. The maximum absolute atomic E-state index is 12.9. The molecule has 1 saturated carbocycles. The van der Waals surface area contributed by atoms with Gasteiger partial charge in [-0.05, 0) is 44.4 Å². The first-order valence-corrected chi connectivity index (χ1v) is 7.93. The van der Waals surface area contributed by atoms with E-state index in [-0.39, 0.29) is 11.9 Å². The van der Waals surface area contributed by atoms with Gasteiger partial charge in [0.05, 0.1) is 18.8 Å². The standard InChI is InChI=1S/C16H25NO3/c1-20-10-12-6-4-8-17(12)16(19)15-13-7-3-2-5-11(13)9-14(15)18/h11-12,14,18H,2-10H2,1H3/t11?,12-,14?/m0/s1. The van der Waals surface area contributed by atoms with Crippen molar-refractivity contribution in [2.75, 3.05) is 20.3 Å². The molecule has 4 heteroatoms. The fourth-order valence-corrected chi connectivity index (χ4v) is 4.20. The third kappa shape index (κ3) is 2.40. The maximum Gasteiger partial charge on any atom is 0.252 e. The van der Waals surface area contributed by atoms with Crippen molar-refractivity contribution in [3.8, 4) is 0 Å². The monoisotopic (exact) mass is 279 g/mol. The summed E-state index contributed by atoms with van der Waals surface area (Å²) in [4.78, 5) is 14.8. The van der Waals surface area contributed by atoms with E-state index in [1.807, 2.05) is 4.90 Å². The van der Waals surface area contributed by atoms with Crippen LogP contribution >= 0.6 is 0 Å². The number of nitrogens with zero attached hydrogens (tertiary/aromatic N) is 1. The number of carbonyl (C=O) groups excluding carboxylic acids is 1. The fraction of sp³-hybridized carbons (Fsp3) is 0.812. The Bertz CT molecular complexity index is 418. The molecule has 2 fully saturated rings. The van der Waals surface area contributed by atoms with Gasteiger partial charge in [0.2, 0.25) is 0 Å². The molecule has 0 spiro atoms.